The van der Waals surface area contributed by atoms with Crippen LogP contribution >= 0.6 is 11.3 Å². The van der Waals surface area contributed by atoms with Crippen molar-refractivity contribution in [3.63, 3.8) is 0 Å². The minimum absolute atomic E-state index is 0.213. The molecular weight excluding hydrogens is 304 g/mol. The van der Waals surface area contributed by atoms with Crippen LogP contribution in [0.25, 0.3) is 11.3 Å². The molecule has 2 aromatic carbocycles. The predicted molar refractivity (Wildman–Crippen MR) is 94.5 cm³/mol. The van der Waals surface area contributed by atoms with Gasteiger partial charge in [-0.15, -0.1) is 11.3 Å². The molecule has 3 nitrogen and oxygen atoms in total. The van der Waals surface area contributed by atoms with Gasteiger partial charge in [-0.3, -0.25) is 4.79 Å². The smallest absolute Gasteiger partial charge is 0.279 e. The molecule has 23 heavy (non-hydrogen) atoms. The molecule has 0 aliphatic rings. The summed E-state index contributed by atoms with van der Waals surface area (Å²) in [5, 5.41) is 2.05. The number of nitrogens with zero attached hydrogens (tertiary/aromatic N) is 2. The molecule has 0 aliphatic carbocycles. The molecule has 1 heterocycles. The van der Waals surface area contributed by atoms with Gasteiger partial charge in [-0.1, -0.05) is 42.0 Å². The summed E-state index contributed by atoms with van der Waals surface area (Å²) in [6, 6.07) is 15.5. The van der Waals surface area contributed by atoms with Gasteiger partial charge in [0, 0.05) is 23.6 Å². The highest BCUT2D eigenvalue weighted by molar-refractivity contribution is 7.07. The first-order chi connectivity index (χ1) is 11.1. The molecule has 0 bridgehead atoms. The molecule has 4 heteroatoms. The summed E-state index contributed by atoms with van der Waals surface area (Å²) < 4.78 is 1.98. The second kappa shape index (κ2) is 6.34. The lowest BCUT2D eigenvalue weighted by molar-refractivity contribution is 0.0998. The number of benzene rings is 2. The lowest BCUT2D eigenvalue weighted by Crippen LogP contribution is -2.14. The summed E-state index contributed by atoms with van der Waals surface area (Å²) >= 11 is 1.48. The second-order valence-electron chi connectivity index (χ2n) is 5.56. The quantitative estimate of drug-likeness (QED) is 0.699. The molecule has 0 fully saturated rings. The highest BCUT2D eigenvalue weighted by atomic mass is 32.1. The van der Waals surface area contributed by atoms with Crippen molar-refractivity contribution in [3.05, 3.63) is 75.4 Å². The Balaban J connectivity index is 2.02. The highest BCUT2D eigenvalue weighted by Crippen LogP contribution is 2.24. The number of carbonyl (C=O) groups is 1. The Bertz CT molecular complexity index is 920. The number of aryl methyl sites for hydroxylation is 2. The molecule has 0 aliphatic heterocycles. The maximum Gasteiger partial charge on any atom is 0.279 e. The van der Waals surface area contributed by atoms with E-state index in [9.17, 15) is 4.79 Å². The number of rotatable bonds is 2. The van der Waals surface area contributed by atoms with Crippen LogP contribution in [0.3, 0.4) is 0 Å². The number of hydrogen-bond donors (Lipinski definition) is 0. The molecule has 0 radical (unpaired) electrons. The lowest BCUT2D eigenvalue weighted by atomic mass is 10.0. The van der Waals surface area contributed by atoms with Gasteiger partial charge in [0.2, 0.25) is 0 Å². The first-order valence-corrected chi connectivity index (χ1v) is 8.30. The van der Waals surface area contributed by atoms with Crippen LogP contribution in [0.4, 0.5) is 0 Å². The van der Waals surface area contributed by atoms with Gasteiger partial charge in [0.1, 0.15) is 0 Å². The van der Waals surface area contributed by atoms with Gasteiger partial charge < -0.3 is 4.57 Å². The number of amides is 1. The van der Waals surface area contributed by atoms with Gasteiger partial charge in [0.15, 0.2) is 4.80 Å². The number of thiazole rings is 1. The summed E-state index contributed by atoms with van der Waals surface area (Å²) in [5.74, 6) is -0.213. The fourth-order valence-corrected chi connectivity index (χ4v) is 3.44. The Hall–Kier alpha value is -2.46. The van der Waals surface area contributed by atoms with Crippen LogP contribution in [0.2, 0.25) is 0 Å². The Morgan fingerprint density at radius 1 is 1.09 bits per heavy atom. The summed E-state index contributed by atoms with van der Waals surface area (Å²) in [5.41, 5.74) is 5.32. The van der Waals surface area contributed by atoms with Gasteiger partial charge >= 0.3 is 0 Å². The third kappa shape index (κ3) is 3.17. The Morgan fingerprint density at radius 3 is 2.52 bits per heavy atom. The van der Waals surface area contributed by atoms with Crippen molar-refractivity contribution in [1.29, 1.82) is 0 Å². The molecule has 0 atom stereocenters. The van der Waals surface area contributed by atoms with Crippen molar-refractivity contribution in [2.75, 3.05) is 0 Å². The van der Waals surface area contributed by atoms with E-state index in [4.69, 9.17) is 0 Å². The average molecular weight is 322 g/mol. The van der Waals surface area contributed by atoms with Crippen molar-refractivity contribution in [3.8, 4) is 11.3 Å². The van der Waals surface area contributed by atoms with Crippen LogP contribution in [0.1, 0.15) is 21.5 Å². The third-order valence-corrected chi connectivity index (χ3v) is 4.72. The monoisotopic (exact) mass is 322 g/mol. The molecule has 0 unspecified atom stereocenters. The zero-order valence-electron chi connectivity index (χ0n) is 13.4. The maximum absolute atomic E-state index is 12.3. The highest BCUT2D eigenvalue weighted by Gasteiger charge is 2.09. The Kier molecular flexibility index (Phi) is 4.26. The third-order valence-electron chi connectivity index (χ3n) is 3.80. The van der Waals surface area contributed by atoms with Gasteiger partial charge in [-0.05, 0) is 31.5 Å². The van der Waals surface area contributed by atoms with Gasteiger partial charge in [0.25, 0.3) is 5.91 Å². The zero-order chi connectivity index (χ0) is 16.4. The van der Waals surface area contributed by atoms with E-state index in [2.05, 4.69) is 42.4 Å². The fraction of sp³-hybridized carbons (Fsp3) is 0.158. The van der Waals surface area contributed by atoms with Crippen molar-refractivity contribution < 1.29 is 4.79 Å². The molecule has 3 aromatic rings. The van der Waals surface area contributed by atoms with Crippen LogP contribution in [0.15, 0.2) is 58.9 Å². The molecule has 0 saturated heterocycles. The van der Waals surface area contributed by atoms with Crippen LogP contribution in [-0.2, 0) is 7.05 Å². The lowest BCUT2D eigenvalue weighted by Gasteiger charge is -2.07. The maximum atomic E-state index is 12.3. The molecule has 0 N–H and O–H groups in total. The van der Waals surface area contributed by atoms with E-state index in [-0.39, 0.29) is 5.91 Å². The standard InChI is InChI=1S/C19H18N2OS/c1-13-9-10-16(14(2)11-13)17-12-23-19(21(17)3)20-18(22)15-7-5-4-6-8-15/h4-12H,1-3H3/b20-19-. The Labute approximate surface area is 139 Å². The van der Waals surface area contributed by atoms with Crippen molar-refractivity contribution in [1.82, 2.24) is 4.57 Å². The van der Waals surface area contributed by atoms with E-state index in [0.717, 1.165) is 5.69 Å². The molecule has 1 amide bonds. The normalized spacial score (nSPS) is 11.7. The largest absolute Gasteiger partial charge is 0.319 e. The van der Waals surface area contributed by atoms with Crippen molar-refractivity contribution in [2.24, 2.45) is 12.0 Å². The number of aromatic nitrogens is 1. The molecule has 1 aromatic heterocycles. The zero-order valence-corrected chi connectivity index (χ0v) is 14.2. The SMILES string of the molecule is Cc1ccc(-c2cs/c(=N\C(=O)c3ccccc3)n2C)c(C)c1. The topological polar surface area (TPSA) is 34.4 Å². The molecule has 0 saturated carbocycles. The number of carbonyl (C=O) groups excluding carboxylic acids is 1. The predicted octanol–water partition coefficient (Wildman–Crippen LogP) is 4.11. The van der Waals surface area contributed by atoms with Gasteiger partial charge in [-0.25, -0.2) is 0 Å². The molecule has 116 valence electrons. The first-order valence-electron chi connectivity index (χ1n) is 7.42. The van der Waals surface area contributed by atoms with Gasteiger partial charge in [-0.2, -0.15) is 4.99 Å². The summed E-state index contributed by atoms with van der Waals surface area (Å²) in [7, 11) is 1.95. The van der Waals surface area contributed by atoms with Crippen molar-refractivity contribution >= 4 is 17.2 Å². The van der Waals surface area contributed by atoms with E-state index in [1.807, 2.05) is 29.8 Å². The van der Waals surface area contributed by atoms with E-state index in [1.165, 1.54) is 28.0 Å². The molecule has 3 rings (SSSR count). The van der Waals surface area contributed by atoms with E-state index >= 15 is 0 Å². The summed E-state index contributed by atoms with van der Waals surface area (Å²) in [4.78, 5) is 17.2. The van der Waals surface area contributed by atoms with E-state index in [0.29, 0.717) is 10.4 Å². The van der Waals surface area contributed by atoms with E-state index < -0.39 is 0 Å². The minimum Gasteiger partial charge on any atom is -0.319 e. The summed E-state index contributed by atoms with van der Waals surface area (Å²) in [6.07, 6.45) is 0. The Morgan fingerprint density at radius 2 is 1.83 bits per heavy atom. The molecular formula is C19H18N2OS. The van der Waals surface area contributed by atoms with Gasteiger partial charge in [0.05, 0.1) is 5.69 Å². The second-order valence-corrected chi connectivity index (χ2v) is 6.40. The van der Waals surface area contributed by atoms with E-state index in [1.54, 1.807) is 12.1 Å². The summed E-state index contributed by atoms with van der Waals surface area (Å²) in [6.45, 7) is 4.19. The van der Waals surface area contributed by atoms with Crippen LogP contribution in [0.5, 0.6) is 0 Å². The van der Waals surface area contributed by atoms with Crippen LogP contribution in [-0.4, -0.2) is 10.5 Å². The van der Waals surface area contributed by atoms with Crippen molar-refractivity contribution in [2.45, 2.75) is 13.8 Å². The average Bonchev–Trinajstić information content (AvgIpc) is 2.89. The van der Waals surface area contributed by atoms with Crippen LogP contribution in [0, 0.1) is 13.8 Å². The molecule has 0 spiro atoms. The number of hydrogen-bond acceptors (Lipinski definition) is 2. The minimum atomic E-state index is -0.213. The fourth-order valence-electron chi connectivity index (χ4n) is 2.55. The van der Waals surface area contributed by atoms with Crippen LogP contribution < -0.4 is 4.80 Å². The first kappa shape index (κ1) is 15.4.